The number of allylic oxidation sites excluding steroid dienone is 1. The Morgan fingerprint density at radius 1 is 0.933 bits per heavy atom. The third-order valence-corrected chi connectivity index (χ3v) is 11.3. The average molecular weight is 628 g/mol. The number of guanidine groups is 1. The Kier molecular flexibility index (Phi) is 13.1. The van der Waals surface area contributed by atoms with Gasteiger partial charge in [-0.25, -0.2) is 4.99 Å². The second-order valence-corrected chi connectivity index (χ2v) is 14.9. The molecule has 5 heterocycles. The Balaban J connectivity index is 1.11. The van der Waals surface area contributed by atoms with Gasteiger partial charge in [0.25, 0.3) is 0 Å². The molecule has 7 nitrogen and oxygen atoms in total. The number of hydrogen-bond donors (Lipinski definition) is 1. The first-order chi connectivity index (χ1) is 22.0. The maximum Gasteiger partial charge on any atom is 0.316 e. The van der Waals surface area contributed by atoms with Crippen LogP contribution in [0.3, 0.4) is 0 Å². The Hall–Kier alpha value is -1.60. The largest absolute Gasteiger partial charge is 0.465 e. The van der Waals surface area contributed by atoms with Gasteiger partial charge < -0.3 is 24.4 Å². The van der Waals surface area contributed by atoms with Crippen molar-refractivity contribution in [3.8, 4) is 0 Å². The maximum absolute atomic E-state index is 13.9. The van der Waals surface area contributed by atoms with E-state index in [4.69, 9.17) is 19.2 Å². The molecule has 1 N–H and O–H groups in total. The van der Waals surface area contributed by atoms with Gasteiger partial charge in [-0.3, -0.25) is 4.79 Å². The number of carbonyl (C=O) groups excluding carboxylic acids is 1. The van der Waals surface area contributed by atoms with E-state index in [2.05, 4.69) is 43.1 Å². The van der Waals surface area contributed by atoms with Crippen LogP contribution in [0, 0.1) is 5.92 Å². The summed E-state index contributed by atoms with van der Waals surface area (Å²) in [7, 11) is 0. The molecular formula is C38H65N3O4. The van der Waals surface area contributed by atoms with Crippen LogP contribution in [0.15, 0.2) is 17.1 Å². The quantitative estimate of drug-likeness (QED) is 0.0986. The van der Waals surface area contributed by atoms with Crippen LogP contribution >= 0.6 is 0 Å². The lowest BCUT2D eigenvalue weighted by Crippen LogP contribution is -2.71. The van der Waals surface area contributed by atoms with E-state index >= 15 is 0 Å². The molecule has 0 amide bonds. The highest BCUT2D eigenvalue weighted by Gasteiger charge is 2.62. The smallest absolute Gasteiger partial charge is 0.316 e. The van der Waals surface area contributed by atoms with Crippen LogP contribution in [-0.4, -0.2) is 59.2 Å². The fourth-order valence-corrected chi connectivity index (χ4v) is 8.84. The summed E-state index contributed by atoms with van der Waals surface area (Å²) in [6.45, 7) is 7.11. The first kappa shape index (κ1) is 34.7. The van der Waals surface area contributed by atoms with Crippen molar-refractivity contribution in [2.24, 2.45) is 10.9 Å². The first-order valence-electron chi connectivity index (χ1n) is 19.3. The van der Waals surface area contributed by atoms with Gasteiger partial charge in [0.1, 0.15) is 11.6 Å². The Bertz CT molecular complexity index is 986. The molecule has 0 radical (unpaired) electrons. The van der Waals surface area contributed by atoms with Crippen LogP contribution in [0.5, 0.6) is 0 Å². The van der Waals surface area contributed by atoms with E-state index < -0.39 is 11.4 Å². The molecule has 7 atom stereocenters. The summed E-state index contributed by atoms with van der Waals surface area (Å²) < 4.78 is 19.5. The average Bonchev–Trinajstić information content (AvgIpc) is 3.33. The van der Waals surface area contributed by atoms with Crippen molar-refractivity contribution in [2.75, 3.05) is 6.61 Å². The minimum absolute atomic E-state index is 0.0624. The van der Waals surface area contributed by atoms with E-state index in [0.717, 1.165) is 76.6 Å². The summed E-state index contributed by atoms with van der Waals surface area (Å²) in [5.41, 5.74) is -1.27. The Labute approximate surface area is 274 Å². The second kappa shape index (κ2) is 17.0. The van der Waals surface area contributed by atoms with Crippen LogP contribution in [-0.2, 0) is 19.0 Å². The molecule has 0 bridgehead atoms. The number of carbonyl (C=O) groups is 1. The monoisotopic (exact) mass is 627 g/mol. The van der Waals surface area contributed by atoms with Crippen molar-refractivity contribution in [1.29, 1.82) is 0 Å². The van der Waals surface area contributed by atoms with Crippen molar-refractivity contribution in [3.63, 3.8) is 0 Å². The highest BCUT2D eigenvalue weighted by atomic mass is 16.6. The number of esters is 1. The summed E-state index contributed by atoms with van der Waals surface area (Å²) in [4.78, 5) is 21.7. The number of nitrogens with zero attached hydrogens (tertiary/aromatic N) is 2. The van der Waals surface area contributed by atoms with Crippen molar-refractivity contribution in [3.05, 3.63) is 12.2 Å². The zero-order chi connectivity index (χ0) is 31.5. The lowest BCUT2D eigenvalue weighted by Gasteiger charge is -2.55. The lowest BCUT2D eigenvalue weighted by molar-refractivity contribution is -0.194. The molecule has 2 spiro atoms. The van der Waals surface area contributed by atoms with E-state index in [1.54, 1.807) is 0 Å². The van der Waals surface area contributed by atoms with E-state index in [9.17, 15) is 4.79 Å². The van der Waals surface area contributed by atoms with Gasteiger partial charge in [-0.1, -0.05) is 109 Å². The van der Waals surface area contributed by atoms with E-state index in [1.165, 1.54) is 77.0 Å². The van der Waals surface area contributed by atoms with E-state index in [-0.39, 0.29) is 30.1 Å². The molecular weight excluding hydrogens is 562 g/mol. The maximum atomic E-state index is 13.9. The molecule has 0 aromatic rings. The van der Waals surface area contributed by atoms with E-state index in [0.29, 0.717) is 12.6 Å². The Morgan fingerprint density at radius 3 is 2.29 bits per heavy atom. The molecule has 0 aromatic heterocycles. The topological polar surface area (TPSA) is 72.4 Å². The molecule has 5 rings (SSSR count). The van der Waals surface area contributed by atoms with Gasteiger partial charge in [-0.15, -0.1) is 0 Å². The molecule has 45 heavy (non-hydrogen) atoms. The molecule has 256 valence electrons. The van der Waals surface area contributed by atoms with Crippen molar-refractivity contribution in [2.45, 2.75) is 204 Å². The number of rotatable bonds is 17. The van der Waals surface area contributed by atoms with Crippen LogP contribution < -0.4 is 5.32 Å². The van der Waals surface area contributed by atoms with E-state index in [1.807, 2.05) is 0 Å². The molecule has 3 saturated heterocycles. The SMILES string of the molecule is CCCCCCCCCCCCCCCCOC(=O)[C@@H]1[C@@H]2CC[C@@H]3C[C@]4(CCC=C[C@@H](CC)O4)NC(=N[C@]14CCC[C@H](C)O4)N32. The molecule has 5 aliphatic rings. The molecule has 5 aliphatic heterocycles. The highest BCUT2D eigenvalue weighted by Crippen LogP contribution is 2.50. The third kappa shape index (κ3) is 8.86. The van der Waals surface area contributed by atoms with Crippen molar-refractivity contribution in [1.82, 2.24) is 10.2 Å². The molecule has 0 unspecified atom stereocenters. The Morgan fingerprint density at radius 2 is 1.62 bits per heavy atom. The minimum Gasteiger partial charge on any atom is -0.465 e. The van der Waals surface area contributed by atoms with Crippen LogP contribution in [0.1, 0.15) is 168 Å². The number of nitrogens with one attached hydrogen (secondary N) is 1. The fourth-order valence-electron chi connectivity index (χ4n) is 8.84. The zero-order valence-electron chi connectivity index (χ0n) is 29.0. The van der Waals surface area contributed by atoms with Gasteiger partial charge in [-0.05, 0) is 64.7 Å². The summed E-state index contributed by atoms with van der Waals surface area (Å²) >= 11 is 0. The van der Waals surface area contributed by atoms with Crippen LogP contribution in [0.2, 0.25) is 0 Å². The van der Waals surface area contributed by atoms with Crippen molar-refractivity contribution >= 4 is 11.9 Å². The predicted molar refractivity (Wildman–Crippen MR) is 182 cm³/mol. The van der Waals surface area contributed by atoms with Crippen LogP contribution in [0.25, 0.3) is 0 Å². The molecule has 0 aliphatic carbocycles. The predicted octanol–water partition coefficient (Wildman–Crippen LogP) is 8.95. The van der Waals surface area contributed by atoms with Gasteiger partial charge >= 0.3 is 5.97 Å². The molecule has 0 aromatic carbocycles. The van der Waals surface area contributed by atoms with Gasteiger partial charge in [0.2, 0.25) is 0 Å². The zero-order valence-corrected chi connectivity index (χ0v) is 29.0. The fraction of sp³-hybridized carbons (Fsp3) is 0.895. The number of hydrogen-bond acceptors (Lipinski definition) is 7. The van der Waals surface area contributed by atoms with Gasteiger partial charge in [-0.2, -0.15) is 0 Å². The highest BCUT2D eigenvalue weighted by molar-refractivity contribution is 5.87. The van der Waals surface area contributed by atoms with Crippen LogP contribution in [0.4, 0.5) is 0 Å². The summed E-state index contributed by atoms with van der Waals surface area (Å²) in [6.07, 6.45) is 31.8. The summed E-state index contributed by atoms with van der Waals surface area (Å²) in [6, 6.07) is 0.387. The molecule has 0 saturated carbocycles. The minimum atomic E-state index is -0.853. The van der Waals surface area contributed by atoms with Crippen molar-refractivity contribution < 1.29 is 19.0 Å². The third-order valence-electron chi connectivity index (χ3n) is 11.3. The number of ether oxygens (including phenoxy) is 3. The second-order valence-electron chi connectivity index (χ2n) is 14.9. The normalized spacial score (nSPS) is 34.0. The first-order valence-corrected chi connectivity index (χ1v) is 19.3. The summed E-state index contributed by atoms with van der Waals surface area (Å²) in [5, 5.41) is 3.80. The standard InChI is InChI=1S/C38H65N3O4/c1-4-6-7-8-9-10-11-12-13-14-15-16-17-20-28-43-35(42)34-33-25-24-31-29-37(26-19-18-23-32(5-2)45-37)39-36(41(31)33)40-38(34)27-21-22-30(3)44-38/h18,23,30-34H,4-17,19-22,24-29H2,1-3H3,(H,39,40)/t30-,31+,32+,33-,34-,37+,38-/m0/s1. The van der Waals surface area contributed by atoms with Gasteiger partial charge in [0, 0.05) is 12.5 Å². The molecule has 3 fully saturated rings. The number of aliphatic imine (C=N–C) groups is 1. The number of unbranched alkanes of at least 4 members (excludes halogenated alkanes) is 13. The van der Waals surface area contributed by atoms with Gasteiger partial charge in [0.15, 0.2) is 11.7 Å². The lowest BCUT2D eigenvalue weighted by atomic mass is 9.80. The molecule has 7 heteroatoms. The van der Waals surface area contributed by atoms with Gasteiger partial charge in [0.05, 0.1) is 24.9 Å². The summed E-state index contributed by atoms with van der Waals surface area (Å²) in [5.74, 6) is 0.403.